The third-order valence-electron chi connectivity index (χ3n) is 1.64. The average Bonchev–Trinajstić information content (AvgIpc) is 2.09. The lowest BCUT2D eigenvalue weighted by atomic mass is 10.1. The lowest BCUT2D eigenvalue weighted by Crippen LogP contribution is -2.15. The van der Waals surface area contributed by atoms with Crippen molar-refractivity contribution in [3.05, 3.63) is 28.2 Å². The Morgan fingerprint density at radius 3 is 2.50 bits per heavy atom. The number of carboxylic acid groups (broad SMARTS) is 1. The molecule has 0 radical (unpaired) electrons. The Morgan fingerprint density at radius 1 is 1.36 bits per heavy atom. The Morgan fingerprint density at radius 2 is 2.00 bits per heavy atom. The van der Waals surface area contributed by atoms with Crippen molar-refractivity contribution in [2.24, 2.45) is 0 Å². The second-order valence-electron chi connectivity index (χ2n) is 2.68. The van der Waals surface area contributed by atoms with Crippen molar-refractivity contribution in [1.29, 1.82) is 0 Å². The molecule has 14 heavy (non-hydrogen) atoms. The number of aromatic hydroxyl groups is 1. The second-order valence-corrected chi connectivity index (χ2v) is 3.59. The van der Waals surface area contributed by atoms with E-state index in [4.69, 9.17) is 5.11 Å². The predicted molar refractivity (Wildman–Crippen MR) is 52.2 cm³/mol. The number of Topliss-reactive ketones (excluding diaryl/α,β-unsaturated/α-hetero) is 1. The molecule has 0 heterocycles. The van der Waals surface area contributed by atoms with Crippen LogP contribution in [0.4, 0.5) is 0 Å². The highest BCUT2D eigenvalue weighted by molar-refractivity contribution is 9.10. The van der Waals surface area contributed by atoms with Crippen LogP contribution in [-0.2, 0) is 16.0 Å². The Hall–Kier alpha value is -1.36. The number of hydrogen-bond donors (Lipinski definition) is 2. The molecule has 5 heteroatoms. The van der Waals surface area contributed by atoms with Gasteiger partial charge in [0.05, 0.1) is 0 Å². The number of halogens is 1. The van der Waals surface area contributed by atoms with Crippen molar-refractivity contribution in [1.82, 2.24) is 0 Å². The molecule has 0 unspecified atom stereocenters. The van der Waals surface area contributed by atoms with Gasteiger partial charge in [0.1, 0.15) is 5.75 Å². The number of ketones is 1. The summed E-state index contributed by atoms with van der Waals surface area (Å²) in [6, 6.07) is 4.54. The first-order chi connectivity index (χ1) is 6.50. The molecule has 1 aromatic rings. The maximum absolute atomic E-state index is 10.8. The molecular weight excluding hydrogens is 252 g/mol. The van der Waals surface area contributed by atoms with Crippen molar-refractivity contribution in [2.75, 3.05) is 0 Å². The number of phenolic OH excluding ortho intramolecular Hbond substituents is 1. The Balaban J connectivity index is 2.87. The topological polar surface area (TPSA) is 74.6 Å². The van der Waals surface area contributed by atoms with Crippen molar-refractivity contribution in [2.45, 2.75) is 6.42 Å². The molecule has 1 rings (SSSR count). The lowest BCUT2D eigenvalue weighted by molar-refractivity contribution is -0.148. The molecule has 0 aliphatic rings. The highest BCUT2D eigenvalue weighted by Crippen LogP contribution is 2.22. The van der Waals surface area contributed by atoms with Gasteiger partial charge in [-0.3, -0.25) is 4.79 Å². The van der Waals surface area contributed by atoms with Gasteiger partial charge >= 0.3 is 5.97 Å². The summed E-state index contributed by atoms with van der Waals surface area (Å²) in [4.78, 5) is 21.1. The van der Waals surface area contributed by atoms with E-state index in [1.54, 1.807) is 6.07 Å². The smallest absolute Gasteiger partial charge is 0.372 e. The van der Waals surface area contributed by atoms with Gasteiger partial charge in [0, 0.05) is 16.5 Å². The number of benzene rings is 1. The minimum absolute atomic E-state index is 0.0889. The molecule has 1 aromatic carbocycles. The van der Waals surface area contributed by atoms with Gasteiger partial charge < -0.3 is 10.2 Å². The largest absolute Gasteiger partial charge is 0.508 e. The van der Waals surface area contributed by atoms with Crippen LogP contribution in [0.3, 0.4) is 0 Å². The third-order valence-corrected chi connectivity index (χ3v) is 2.13. The summed E-state index contributed by atoms with van der Waals surface area (Å²) >= 11 is 3.13. The van der Waals surface area contributed by atoms with Crippen LogP contribution in [0, 0.1) is 0 Å². The zero-order chi connectivity index (χ0) is 10.7. The van der Waals surface area contributed by atoms with Gasteiger partial charge in [-0.25, -0.2) is 4.79 Å². The van der Waals surface area contributed by atoms with Gasteiger partial charge in [0.15, 0.2) is 0 Å². The van der Waals surface area contributed by atoms with Crippen LogP contribution in [0.25, 0.3) is 0 Å². The lowest BCUT2D eigenvalue weighted by Gasteiger charge is -2.01. The van der Waals surface area contributed by atoms with E-state index in [-0.39, 0.29) is 12.2 Å². The van der Waals surface area contributed by atoms with Gasteiger partial charge in [-0.15, -0.1) is 0 Å². The van der Waals surface area contributed by atoms with Crippen LogP contribution < -0.4 is 0 Å². The number of carbonyl (C=O) groups is 2. The fraction of sp³-hybridized carbons (Fsp3) is 0.111. The highest BCUT2D eigenvalue weighted by Gasteiger charge is 2.14. The second kappa shape index (κ2) is 4.23. The molecule has 0 saturated heterocycles. The van der Waals surface area contributed by atoms with E-state index >= 15 is 0 Å². The first-order valence-corrected chi connectivity index (χ1v) is 4.53. The van der Waals surface area contributed by atoms with Gasteiger partial charge in [-0.05, 0) is 12.1 Å². The molecule has 0 aliphatic carbocycles. The number of carbonyl (C=O) groups excluding carboxylic acids is 1. The van der Waals surface area contributed by atoms with Gasteiger partial charge in [0.2, 0.25) is 5.78 Å². The van der Waals surface area contributed by atoms with Gasteiger partial charge in [-0.1, -0.05) is 22.0 Å². The van der Waals surface area contributed by atoms with Crippen molar-refractivity contribution in [3.8, 4) is 5.75 Å². The molecular formula is C9H7BrO4. The van der Waals surface area contributed by atoms with Crippen molar-refractivity contribution in [3.63, 3.8) is 0 Å². The zero-order valence-electron chi connectivity index (χ0n) is 7.03. The molecule has 0 bridgehead atoms. The van der Waals surface area contributed by atoms with Crippen LogP contribution >= 0.6 is 15.9 Å². The molecule has 0 atom stereocenters. The Bertz CT molecular complexity index is 386. The van der Waals surface area contributed by atoms with Crippen LogP contribution in [-0.4, -0.2) is 22.0 Å². The Kier molecular flexibility index (Phi) is 3.24. The predicted octanol–water partition coefficient (Wildman–Crippen LogP) is 1.35. The fourth-order valence-electron chi connectivity index (χ4n) is 0.935. The van der Waals surface area contributed by atoms with E-state index in [9.17, 15) is 14.7 Å². The van der Waals surface area contributed by atoms with E-state index < -0.39 is 11.8 Å². The molecule has 0 amide bonds. The first-order valence-electron chi connectivity index (χ1n) is 3.74. The summed E-state index contributed by atoms with van der Waals surface area (Å²) < 4.78 is 0.668. The summed E-state index contributed by atoms with van der Waals surface area (Å²) in [6.07, 6.45) is -0.297. The zero-order valence-corrected chi connectivity index (χ0v) is 8.61. The van der Waals surface area contributed by atoms with Crippen LogP contribution in [0.2, 0.25) is 0 Å². The summed E-state index contributed by atoms with van der Waals surface area (Å²) in [6.45, 7) is 0. The molecule has 2 N–H and O–H groups in total. The van der Waals surface area contributed by atoms with E-state index in [2.05, 4.69) is 15.9 Å². The van der Waals surface area contributed by atoms with Crippen LogP contribution in [0.1, 0.15) is 5.56 Å². The SMILES string of the molecule is O=C(O)C(=O)Cc1ccc(Br)cc1O. The molecule has 0 fully saturated rings. The standard InChI is InChI=1S/C9H7BrO4/c10-6-2-1-5(7(11)4-6)3-8(12)9(13)14/h1-2,4,11H,3H2,(H,13,14). The molecule has 0 saturated carbocycles. The van der Waals surface area contributed by atoms with Crippen LogP contribution in [0.5, 0.6) is 5.75 Å². The van der Waals surface area contributed by atoms with Gasteiger partial charge in [0.25, 0.3) is 0 Å². The molecule has 0 aliphatic heterocycles. The maximum Gasteiger partial charge on any atom is 0.372 e. The summed E-state index contributed by atoms with van der Waals surface area (Å²) in [5.41, 5.74) is 0.306. The van der Waals surface area contributed by atoms with E-state index in [1.165, 1.54) is 12.1 Å². The summed E-state index contributed by atoms with van der Waals surface area (Å²) in [5, 5.41) is 17.7. The molecule has 0 spiro atoms. The molecule has 4 nitrogen and oxygen atoms in total. The van der Waals surface area contributed by atoms with Crippen LogP contribution in [0.15, 0.2) is 22.7 Å². The van der Waals surface area contributed by atoms with E-state index in [0.29, 0.717) is 10.0 Å². The quantitative estimate of drug-likeness (QED) is 0.803. The molecule has 74 valence electrons. The van der Waals surface area contributed by atoms with Crippen molar-refractivity contribution >= 4 is 27.7 Å². The minimum Gasteiger partial charge on any atom is -0.508 e. The highest BCUT2D eigenvalue weighted by atomic mass is 79.9. The van der Waals surface area contributed by atoms with Crippen molar-refractivity contribution < 1.29 is 19.8 Å². The third kappa shape index (κ3) is 2.56. The summed E-state index contributed by atoms with van der Waals surface area (Å²) in [7, 11) is 0. The van der Waals surface area contributed by atoms with E-state index in [0.717, 1.165) is 0 Å². The van der Waals surface area contributed by atoms with E-state index in [1.807, 2.05) is 0 Å². The number of hydrogen-bond acceptors (Lipinski definition) is 3. The molecule has 0 aromatic heterocycles. The number of phenols is 1. The average molecular weight is 259 g/mol. The number of aliphatic carboxylic acids is 1. The van der Waals surface area contributed by atoms with Gasteiger partial charge in [-0.2, -0.15) is 0 Å². The maximum atomic E-state index is 10.8. The normalized spacial score (nSPS) is 9.79. The number of rotatable bonds is 3. The minimum atomic E-state index is -1.49. The fourth-order valence-corrected chi connectivity index (χ4v) is 1.28. The first kappa shape index (κ1) is 10.7. The Labute approximate surface area is 88.3 Å². The number of carboxylic acids is 1. The monoisotopic (exact) mass is 258 g/mol. The summed E-state index contributed by atoms with van der Waals surface area (Å²) in [5.74, 6) is -2.52.